The van der Waals surface area contributed by atoms with Gasteiger partial charge in [-0.15, -0.1) is 0 Å². The van der Waals surface area contributed by atoms with Crippen LogP contribution < -0.4 is 10.2 Å². The molecule has 1 fully saturated rings. The molecule has 3 aromatic rings. The second kappa shape index (κ2) is 8.03. The molecule has 4 rings (SSSR count). The second-order valence-corrected chi connectivity index (χ2v) is 8.31. The third-order valence-corrected chi connectivity index (χ3v) is 6.43. The van der Waals surface area contributed by atoms with Crippen LogP contribution in [-0.4, -0.2) is 42.6 Å². The van der Waals surface area contributed by atoms with Crippen LogP contribution in [0.3, 0.4) is 0 Å². The lowest BCUT2D eigenvalue weighted by atomic mass is 10.0. The van der Waals surface area contributed by atoms with Gasteiger partial charge in [0.25, 0.3) is 0 Å². The molecule has 1 aromatic heterocycles. The molecule has 1 N–H and O–H groups in total. The number of aromatic nitrogens is 1. The Morgan fingerprint density at radius 1 is 1.07 bits per heavy atom. The van der Waals surface area contributed by atoms with Crippen LogP contribution in [0.4, 0.5) is 17.1 Å². The molecule has 0 radical (unpaired) electrons. The van der Waals surface area contributed by atoms with Crippen LogP contribution in [0.2, 0.25) is 0 Å². The van der Waals surface area contributed by atoms with Crippen LogP contribution in [0.25, 0.3) is 10.9 Å². The molecular formula is C25H32N4. The first-order valence-electron chi connectivity index (χ1n) is 10.7. The molecule has 0 saturated carbocycles. The van der Waals surface area contributed by atoms with E-state index in [-0.39, 0.29) is 0 Å². The van der Waals surface area contributed by atoms with Crippen LogP contribution in [0.1, 0.15) is 30.7 Å². The summed E-state index contributed by atoms with van der Waals surface area (Å²) in [5.74, 6) is 0. The van der Waals surface area contributed by atoms with Crippen LogP contribution in [0.15, 0.2) is 42.5 Å². The zero-order chi connectivity index (χ0) is 20.5. The topological polar surface area (TPSA) is 31.4 Å². The van der Waals surface area contributed by atoms with Gasteiger partial charge in [0.15, 0.2) is 0 Å². The Labute approximate surface area is 174 Å². The van der Waals surface area contributed by atoms with Crippen molar-refractivity contribution < 1.29 is 0 Å². The first-order valence-corrected chi connectivity index (χ1v) is 10.7. The summed E-state index contributed by atoms with van der Waals surface area (Å²) in [6, 6.07) is 15.9. The Morgan fingerprint density at radius 3 is 2.52 bits per heavy atom. The van der Waals surface area contributed by atoms with Gasteiger partial charge in [-0.3, -0.25) is 4.98 Å². The van der Waals surface area contributed by atoms with E-state index in [4.69, 9.17) is 4.98 Å². The van der Waals surface area contributed by atoms with Crippen molar-refractivity contribution in [2.45, 2.75) is 40.2 Å². The Bertz CT molecular complexity index is 1010. The number of rotatable bonds is 4. The number of hydrogen-bond acceptors (Lipinski definition) is 4. The van der Waals surface area contributed by atoms with Gasteiger partial charge in [0.05, 0.1) is 11.2 Å². The maximum Gasteiger partial charge on any atom is 0.0729 e. The number of nitrogens with zero attached hydrogens (tertiary/aromatic N) is 3. The molecule has 0 spiro atoms. The highest BCUT2D eigenvalue weighted by atomic mass is 15.3. The third-order valence-electron chi connectivity index (χ3n) is 6.43. The van der Waals surface area contributed by atoms with E-state index in [1.54, 1.807) is 0 Å². The largest absolute Gasteiger partial charge is 0.369 e. The van der Waals surface area contributed by atoms with E-state index in [0.29, 0.717) is 6.04 Å². The fourth-order valence-corrected chi connectivity index (χ4v) is 4.24. The summed E-state index contributed by atoms with van der Waals surface area (Å²) in [6.45, 7) is 12.0. The molecule has 1 aliphatic rings. The molecule has 2 heterocycles. The number of fused-ring (bicyclic) bond motifs is 1. The Balaban J connectivity index is 1.65. The Kier molecular flexibility index (Phi) is 5.46. The number of hydrogen-bond donors (Lipinski definition) is 1. The van der Waals surface area contributed by atoms with Gasteiger partial charge < -0.3 is 15.1 Å². The van der Waals surface area contributed by atoms with E-state index in [1.165, 1.54) is 27.9 Å². The SMILES string of the molecule is CCc1cccc2nc(C)c(C)c(Nc3ccc(N4CCN(C)C(C)C4)cc3)c12. The van der Waals surface area contributed by atoms with Gasteiger partial charge in [0.1, 0.15) is 0 Å². The highest BCUT2D eigenvalue weighted by molar-refractivity contribution is 5.97. The zero-order valence-corrected chi connectivity index (χ0v) is 18.3. The molecule has 1 unspecified atom stereocenters. The Morgan fingerprint density at radius 2 is 1.83 bits per heavy atom. The lowest BCUT2D eigenvalue weighted by molar-refractivity contribution is 0.234. The fourth-order valence-electron chi connectivity index (χ4n) is 4.24. The summed E-state index contributed by atoms with van der Waals surface area (Å²) in [7, 11) is 2.21. The quantitative estimate of drug-likeness (QED) is 0.657. The highest BCUT2D eigenvalue weighted by Crippen LogP contribution is 2.34. The summed E-state index contributed by atoms with van der Waals surface area (Å²) in [4.78, 5) is 9.74. The minimum absolute atomic E-state index is 0.586. The number of piperazine rings is 1. The molecule has 1 saturated heterocycles. The highest BCUT2D eigenvalue weighted by Gasteiger charge is 2.20. The molecule has 1 aliphatic heterocycles. The van der Waals surface area contributed by atoms with Gasteiger partial charge in [0.2, 0.25) is 0 Å². The minimum Gasteiger partial charge on any atom is -0.369 e. The summed E-state index contributed by atoms with van der Waals surface area (Å²) in [6.07, 6.45) is 0.997. The molecule has 2 aromatic carbocycles. The number of pyridine rings is 1. The first-order chi connectivity index (χ1) is 14.0. The van der Waals surface area contributed by atoms with E-state index in [1.807, 2.05) is 0 Å². The Hall–Kier alpha value is -2.59. The standard InChI is InChI=1S/C25H32N4/c1-6-20-8-7-9-23-24(20)25(18(3)19(4)26-23)27-21-10-12-22(13-11-21)29-15-14-28(5)17(2)16-29/h7-13,17H,6,14-16H2,1-5H3,(H,26,27). The summed E-state index contributed by atoms with van der Waals surface area (Å²) in [5, 5.41) is 4.96. The van der Waals surface area contributed by atoms with Gasteiger partial charge in [-0.25, -0.2) is 0 Å². The number of benzene rings is 2. The number of likely N-dealkylation sites (N-methyl/N-ethyl adjacent to an activating group) is 1. The minimum atomic E-state index is 0.586. The summed E-state index contributed by atoms with van der Waals surface area (Å²) >= 11 is 0. The molecule has 29 heavy (non-hydrogen) atoms. The smallest absolute Gasteiger partial charge is 0.0729 e. The van der Waals surface area contributed by atoms with Crippen LogP contribution in [-0.2, 0) is 6.42 Å². The van der Waals surface area contributed by atoms with E-state index in [0.717, 1.165) is 43.0 Å². The molecule has 0 bridgehead atoms. The van der Waals surface area contributed by atoms with Crippen LogP contribution in [0.5, 0.6) is 0 Å². The predicted molar refractivity (Wildman–Crippen MR) is 125 cm³/mol. The normalized spacial score (nSPS) is 17.7. The van der Waals surface area contributed by atoms with E-state index < -0.39 is 0 Å². The number of aryl methyl sites for hydroxylation is 2. The zero-order valence-electron chi connectivity index (χ0n) is 18.3. The third kappa shape index (κ3) is 3.82. The fraction of sp³-hybridized carbons (Fsp3) is 0.400. The molecule has 152 valence electrons. The van der Waals surface area contributed by atoms with E-state index in [2.05, 4.69) is 92.3 Å². The molecular weight excluding hydrogens is 356 g/mol. The number of nitrogens with one attached hydrogen (secondary N) is 1. The maximum absolute atomic E-state index is 4.82. The predicted octanol–water partition coefficient (Wildman–Crippen LogP) is 5.30. The van der Waals surface area contributed by atoms with Crippen molar-refractivity contribution in [3.05, 3.63) is 59.3 Å². The van der Waals surface area contributed by atoms with Crippen molar-refractivity contribution in [3.8, 4) is 0 Å². The first kappa shape index (κ1) is 19.7. The van der Waals surface area contributed by atoms with Crippen molar-refractivity contribution >= 4 is 28.0 Å². The average Bonchev–Trinajstić information content (AvgIpc) is 2.73. The summed E-state index contributed by atoms with van der Waals surface area (Å²) in [5.41, 5.74) is 8.31. The average molecular weight is 389 g/mol. The summed E-state index contributed by atoms with van der Waals surface area (Å²) < 4.78 is 0. The van der Waals surface area contributed by atoms with Crippen molar-refractivity contribution in [3.63, 3.8) is 0 Å². The lowest BCUT2D eigenvalue weighted by Gasteiger charge is -2.39. The van der Waals surface area contributed by atoms with Crippen LogP contribution in [0, 0.1) is 13.8 Å². The van der Waals surface area contributed by atoms with Crippen molar-refractivity contribution in [1.82, 2.24) is 9.88 Å². The lowest BCUT2D eigenvalue weighted by Crippen LogP contribution is -2.50. The van der Waals surface area contributed by atoms with Crippen molar-refractivity contribution in [2.24, 2.45) is 0 Å². The van der Waals surface area contributed by atoms with E-state index in [9.17, 15) is 0 Å². The molecule has 4 nitrogen and oxygen atoms in total. The van der Waals surface area contributed by atoms with Gasteiger partial charge >= 0.3 is 0 Å². The van der Waals surface area contributed by atoms with Gasteiger partial charge in [-0.1, -0.05) is 19.1 Å². The van der Waals surface area contributed by atoms with Gasteiger partial charge in [-0.05, 0) is 75.7 Å². The second-order valence-electron chi connectivity index (χ2n) is 8.31. The van der Waals surface area contributed by atoms with Crippen molar-refractivity contribution in [2.75, 3.05) is 36.9 Å². The van der Waals surface area contributed by atoms with Crippen molar-refractivity contribution in [1.29, 1.82) is 0 Å². The van der Waals surface area contributed by atoms with Gasteiger partial charge in [0, 0.05) is 48.1 Å². The molecule has 0 aliphatic carbocycles. The molecule has 4 heteroatoms. The van der Waals surface area contributed by atoms with Gasteiger partial charge in [-0.2, -0.15) is 0 Å². The monoisotopic (exact) mass is 388 g/mol. The number of anilines is 3. The molecule has 1 atom stereocenters. The molecule has 0 amide bonds. The van der Waals surface area contributed by atoms with E-state index >= 15 is 0 Å². The maximum atomic E-state index is 4.82. The van der Waals surface area contributed by atoms with Crippen LogP contribution >= 0.6 is 0 Å².